The van der Waals surface area contributed by atoms with Gasteiger partial charge in [0.25, 0.3) is 0 Å². The van der Waals surface area contributed by atoms with Crippen LogP contribution in [0.15, 0.2) is 53.6 Å². The van der Waals surface area contributed by atoms with Crippen LogP contribution < -0.4 is 16.8 Å². The molecule has 0 amide bonds. The molecule has 4 rings (SSSR count). The number of benzene rings is 1. The van der Waals surface area contributed by atoms with E-state index in [0.29, 0.717) is 25.2 Å². The molecule has 1 aliphatic rings. The van der Waals surface area contributed by atoms with Crippen molar-refractivity contribution in [3.05, 3.63) is 60.0 Å². The number of sulfonamides is 1. The van der Waals surface area contributed by atoms with E-state index in [-0.39, 0.29) is 22.6 Å². The normalized spacial score (nSPS) is 17.2. The minimum absolute atomic E-state index is 0.0970. The SMILES string of the molecule is Cc1cccc(CNCC2CCCN(S(=O)(=O)c3ccc(-c4cnc(N)nc4N)cc3)C2)n1. The minimum Gasteiger partial charge on any atom is -0.383 e. The van der Waals surface area contributed by atoms with E-state index in [4.69, 9.17) is 11.5 Å². The second-order valence-electron chi connectivity index (χ2n) is 8.32. The Labute approximate surface area is 194 Å². The maximum absolute atomic E-state index is 13.3. The highest BCUT2D eigenvalue weighted by molar-refractivity contribution is 7.89. The number of piperidine rings is 1. The molecule has 3 aromatic rings. The lowest BCUT2D eigenvalue weighted by atomic mass is 10.00. The zero-order valence-electron chi connectivity index (χ0n) is 18.6. The van der Waals surface area contributed by atoms with Gasteiger partial charge in [-0.1, -0.05) is 18.2 Å². The Balaban J connectivity index is 1.40. The fourth-order valence-corrected chi connectivity index (χ4v) is 5.66. The maximum Gasteiger partial charge on any atom is 0.243 e. The van der Waals surface area contributed by atoms with Crippen LogP contribution in [0.5, 0.6) is 0 Å². The van der Waals surface area contributed by atoms with E-state index in [9.17, 15) is 8.42 Å². The van der Waals surface area contributed by atoms with Crippen LogP contribution in [0.3, 0.4) is 0 Å². The Morgan fingerprint density at radius 1 is 1.12 bits per heavy atom. The summed E-state index contributed by atoms with van der Waals surface area (Å²) in [7, 11) is -3.58. The summed E-state index contributed by atoms with van der Waals surface area (Å²) in [6, 6.07) is 12.6. The number of anilines is 2. The Kier molecular flexibility index (Phi) is 6.87. The number of hydrogen-bond donors (Lipinski definition) is 3. The summed E-state index contributed by atoms with van der Waals surface area (Å²) < 4.78 is 28.1. The molecule has 0 spiro atoms. The van der Waals surface area contributed by atoms with Crippen LogP contribution in [0.2, 0.25) is 0 Å². The van der Waals surface area contributed by atoms with Crippen LogP contribution in [0, 0.1) is 12.8 Å². The molecule has 1 atom stereocenters. The number of aryl methyl sites for hydroxylation is 1. The zero-order chi connectivity index (χ0) is 23.4. The Morgan fingerprint density at radius 3 is 2.64 bits per heavy atom. The van der Waals surface area contributed by atoms with Crippen LogP contribution in [0.25, 0.3) is 11.1 Å². The summed E-state index contributed by atoms with van der Waals surface area (Å²) >= 11 is 0. The molecule has 0 aliphatic carbocycles. The van der Waals surface area contributed by atoms with Gasteiger partial charge in [0.05, 0.1) is 10.6 Å². The third kappa shape index (κ3) is 5.47. The molecule has 1 saturated heterocycles. The van der Waals surface area contributed by atoms with Crippen molar-refractivity contribution in [2.75, 3.05) is 31.1 Å². The van der Waals surface area contributed by atoms with E-state index in [2.05, 4.69) is 20.3 Å². The van der Waals surface area contributed by atoms with Crippen LogP contribution in [-0.4, -0.2) is 47.3 Å². The van der Waals surface area contributed by atoms with Gasteiger partial charge in [-0.15, -0.1) is 0 Å². The third-order valence-electron chi connectivity index (χ3n) is 5.81. The van der Waals surface area contributed by atoms with Gasteiger partial charge >= 0.3 is 0 Å². The number of hydrogen-bond acceptors (Lipinski definition) is 8. The fraction of sp³-hybridized carbons (Fsp3) is 0.348. The lowest BCUT2D eigenvalue weighted by molar-refractivity contribution is 0.259. The Hall–Kier alpha value is -3.08. The van der Waals surface area contributed by atoms with Crippen molar-refractivity contribution in [2.45, 2.75) is 31.2 Å². The van der Waals surface area contributed by atoms with E-state index in [1.165, 1.54) is 6.20 Å². The molecular formula is C23H29N7O2S. The van der Waals surface area contributed by atoms with E-state index in [0.717, 1.165) is 36.3 Å². The second kappa shape index (κ2) is 9.82. The first kappa shape index (κ1) is 23.1. The smallest absolute Gasteiger partial charge is 0.243 e. The molecule has 10 heteroatoms. The average molecular weight is 468 g/mol. The van der Waals surface area contributed by atoms with Crippen molar-refractivity contribution in [2.24, 2.45) is 5.92 Å². The molecule has 9 nitrogen and oxygen atoms in total. The summed E-state index contributed by atoms with van der Waals surface area (Å²) in [5.74, 6) is 0.606. The third-order valence-corrected chi connectivity index (χ3v) is 7.69. The molecule has 5 N–H and O–H groups in total. The molecule has 1 aliphatic heterocycles. The molecule has 1 aromatic carbocycles. The van der Waals surface area contributed by atoms with Crippen LogP contribution in [0.4, 0.5) is 11.8 Å². The van der Waals surface area contributed by atoms with Gasteiger partial charge in [-0.2, -0.15) is 9.29 Å². The van der Waals surface area contributed by atoms with E-state index in [1.807, 2.05) is 25.1 Å². The number of nitrogens with one attached hydrogen (secondary N) is 1. The molecule has 0 saturated carbocycles. The van der Waals surface area contributed by atoms with Gasteiger partial charge in [-0.25, -0.2) is 13.4 Å². The van der Waals surface area contributed by atoms with Crippen molar-refractivity contribution in [1.29, 1.82) is 0 Å². The molecule has 0 bridgehead atoms. The lowest BCUT2D eigenvalue weighted by Gasteiger charge is -2.32. The van der Waals surface area contributed by atoms with E-state index in [1.54, 1.807) is 28.6 Å². The van der Waals surface area contributed by atoms with Crippen molar-refractivity contribution < 1.29 is 8.42 Å². The second-order valence-corrected chi connectivity index (χ2v) is 10.3. The van der Waals surface area contributed by atoms with Gasteiger partial charge in [-0.05, 0) is 62.1 Å². The standard InChI is InChI=1S/C23H29N7O2S/c1-16-4-2-6-19(28-16)13-26-12-17-5-3-11-30(15-17)33(31,32)20-9-7-18(8-10-20)21-14-27-23(25)29-22(21)24/h2,4,6-10,14,17,26H,3,5,11-13,15H2,1H3,(H4,24,25,27,29). The average Bonchev–Trinajstić information content (AvgIpc) is 2.79. The first-order chi connectivity index (χ1) is 15.8. The topological polar surface area (TPSA) is 140 Å². The highest BCUT2D eigenvalue weighted by Crippen LogP contribution is 2.28. The fourth-order valence-electron chi connectivity index (χ4n) is 4.10. The van der Waals surface area contributed by atoms with E-state index < -0.39 is 10.0 Å². The summed E-state index contributed by atoms with van der Waals surface area (Å²) in [5.41, 5.74) is 14.8. The van der Waals surface area contributed by atoms with Crippen molar-refractivity contribution in [3.63, 3.8) is 0 Å². The van der Waals surface area contributed by atoms with Gasteiger partial charge in [-0.3, -0.25) is 4.98 Å². The Bertz CT molecular complexity index is 1220. The zero-order valence-corrected chi connectivity index (χ0v) is 19.4. The van der Waals surface area contributed by atoms with Gasteiger partial charge in [0.1, 0.15) is 5.82 Å². The van der Waals surface area contributed by atoms with Crippen LogP contribution >= 0.6 is 0 Å². The predicted molar refractivity (Wildman–Crippen MR) is 128 cm³/mol. The number of aromatic nitrogens is 3. The van der Waals surface area contributed by atoms with Crippen LogP contribution in [0.1, 0.15) is 24.2 Å². The first-order valence-corrected chi connectivity index (χ1v) is 12.4. The van der Waals surface area contributed by atoms with Gasteiger partial charge in [0, 0.05) is 37.1 Å². The maximum atomic E-state index is 13.3. The van der Waals surface area contributed by atoms with Crippen molar-refractivity contribution in [3.8, 4) is 11.1 Å². The summed E-state index contributed by atoms with van der Waals surface area (Å²) in [5, 5.41) is 3.43. The van der Waals surface area contributed by atoms with Gasteiger partial charge in [0.2, 0.25) is 16.0 Å². The minimum atomic E-state index is -3.58. The monoisotopic (exact) mass is 467 g/mol. The molecule has 174 valence electrons. The van der Waals surface area contributed by atoms with Crippen molar-refractivity contribution in [1.82, 2.24) is 24.6 Å². The highest BCUT2D eigenvalue weighted by Gasteiger charge is 2.30. The first-order valence-electron chi connectivity index (χ1n) is 10.9. The predicted octanol–water partition coefficient (Wildman–Crippen LogP) is 2.20. The molecule has 1 fully saturated rings. The number of pyridine rings is 1. The van der Waals surface area contributed by atoms with Crippen LogP contribution in [-0.2, 0) is 16.6 Å². The Morgan fingerprint density at radius 2 is 1.91 bits per heavy atom. The number of rotatable bonds is 7. The molecule has 1 unspecified atom stereocenters. The number of nitrogen functional groups attached to an aromatic ring is 2. The summed E-state index contributed by atoms with van der Waals surface area (Å²) in [6.07, 6.45) is 3.37. The van der Waals surface area contributed by atoms with E-state index >= 15 is 0 Å². The molecule has 0 radical (unpaired) electrons. The molecular weight excluding hydrogens is 438 g/mol. The molecule has 3 heterocycles. The number of nitrogens with zero attached hydrogens (tertiary/aromatic N) is 4. The van der Waals surface area contributed by atoms with Gasteiger partial charge in [0.15, 0.2) is 0 Å². The highest BCUT2D eigenvalue weighted by atomic mass is 32.2. The van der Waals surface area contributed by atoms with Gasteiger partial charge < -0.3 is 16.8 Å². The summed E-state index contributed by atoms with van der Waals surface area (Å²) in [4.78, 5) is 12.7. The lowest BCUT2D eigenvalue weighted by Crippen LogP contribution is -2.42. The van der Waals surface area contributed by atoms with Crippen molar-refractivity contribution >= 4 is 21.8 Å². The number of nitrogens with two attached hydrogens (primary N) is 2. The molecule has 2 aromatic heterocycles. The molecule has 33 heavy (non-hydrogen) atoms. The quantitative estimate of drug-likeness (QED) is 0.480. The largest absolute Gasteiger partial charge is 0.383 e. The summed E-state index contributed by atoms with van der Waals surface area (Å²) in [6.45, 7) is 4.41.